The van der Waals surface area contributed by atoms with Crippen molar-refractivity contribution in [3.05, 3.63) is 70.2 Å². The molecule has 2 aromatic rings. The Morgan fingerprint density at radius 3 is 2.75 bits per heavy atom. The first-order valence-corrected chi connectivity index (χ1v) is 8.29. The van der Waals surface area contributed by atoms with E-state index in [1.165, 1.54) is 0 Å². The van der Waals surface area contributed by atoms with Gasteiger partial charge in [-0.05, 0) is 49.2 Å². The molecular formula is C19H21ClN4. The number of nitriles is 1. The Labute approximate surface area is 148 Å². The van der Waals surface area contributed by atoms with Crippen LogP contribution in [0.4, 0.5) is 0 Å². The van der Waals surface area contributed by atoms with E-state index in [4.69, 9.17) is 16.9 Å². The first-order valence-electron chi connectivity index (χ1n) is 7.91. The fraction of sp³-hybridized carbons (Fsp3) is 0.263. The van der Waals surface area contributed by atoms with Gasteiger partial charge in [0.15, 0.2) is 5.96 Å². The van der Waals surface area contributed by atoms with E-state index in [0.29, 0.717) is 12.1 Å². The second-order valence-corrected chi connectivity index (χ2v) is 5.86. The molecule has 0 spiro atoms. The number of halogens is 1. The fourth-order valence-electron chi connectivity index (χ4n) is 2.29. The molecule has 0 aliphatic heterocycles. The van der Waals surface area contributed by atoms with Gasteiger partial charge in [-0.25, -0.2) is 4.99 Å². The predicted molar refractivity (Wildman–Crippen MR) is 99.0 cm³/mol. The third kappa shape index (κ3) is 5.29. The zero-order chi connectivity index (χ0) is 17.4. The van der Waals surface area contributed by atoms with Crippen molar-refractivity contribution in [3.63, 3.8) is 0 Å². The molecule has 0 radical (unpaired) electrons. The van der Waals surface area contributed by atoms with E-state index in [1.807, 2.05) is 49.4 Å². The monoisotopic (exact) mass is 340 g/mol. The summed E-state index contributed by atoms with van der Waals surface area (Å²) in [4.78, 5) is 4.60. The van der Waals surface area contributed by atoms with E-state index in [1.54, 1.807) is 6.07 Å². The summed E-state index contributed by atoms with van der Waals surface area (Å²) in [5.41, 5.74) is 2.74. The molecule has 4 nitrogen and oxygen atoms in total. The number of aliphatic imine (C=N–C) groups is 1. The lowest BCUT2D eigenvalue weighted by Gasteiger charge is -2.18. The second kappa shape index (κ2) is 8.95. The molecule has 5 heteroatoms. The molecule has 0 saturated heterocycles. The van der Waals surface area contributed by atoms with Crippen LogP contribution >= 0.6 is 11.6 Å². The molecule has 0 fully saturated rings. The van der Waals surface area contributed by atoms with Gasteiger partial charge < -0.3 is 10.6 Å². The zero-order valence-corrected chi connectivity index (χ0v) is 14.6. The van der Waals surface area contributed by atoms with Gasteiger partial charge in [-0.3, -0.25) is 0 Å². The highest BCUT2D eigenvalue weighted by molar-refractivity contribution is 6.30. The maximum Gasteiger partial charge on any atom is 0.192 e. The van der Waals surface area contributed by atoms with E-state index in [2.05, 4.69) is 28.6 Å². The number of rotatable bonds is 5. The molecule has 0 amide bonds. The summed E-state index contributed by atoms with van der Waals surface area (Å²) in [7, 11) is 0. The van der Waals surface area contributed by atoms with Gasteiger partial charge in [-0.2, -0.15) is 5.26 Å². The van der Waals surface area contributed by atoms with Gasteiger partial charge in [-0.15, -0.1) is 0 Å². The molecule has 1 atom stereocenters. The number of nitrogens with zero attached hydrogens (tertiary/aromatic N) is 2. The second-order valence-electron chi connectivity index (χ2n) is 5.43. The highest BCUT2D eigenvalue weighted by Gasteiger charge is 2.08. The summed E-state index contributed by atoms with van der Waals surface area (Å²) < 4.78 is 0. The molecule has 0 aliphatic carbocycles. The van der Waals surface area contributed by atoms with Crippen LogP contribution in [-0.4, -0.2) is 12.5 Å². The van der Waals surface area contributed by atoms with E-state index in [0.717, 1.165) is 28.7 Å². The molecule has 0 bridgehead atoms. The van der Waals surface area contributed by atoms with Crippen molar-refractivity contribution in [1.82, 2.24) is 10.6 Å². The Bertz CT molecular complexity index is 749. The van der Waals surface area contributed by atoms with Crippen molar-refractivity contribution >= 4 is 17.6 Å². The van der Waals surface area contributed by atoms with Crippen LogP contribution in [0.5, 0.6) is 0 Å². The number of hydrogen-bond acceptors (Lipinski definition) is 2. The molecule has 2 aromatic carbocycles. The van der Waals surface area contributed by atoms with Crippen molar-refractivity contribution in [2.24, 2.45) is 4.99 Å². The lowest BCUT2D eigenvalue weighted by Crippen LogP contribution is -2.38. The van der Waals surface area contributed by atoms with Crippen LogP contribution in [0.2, 0.25) is 5.02 Å². The molecule has 24 heavy (non-hydrogen) atoms. The minimum atomic E-state index is 0.0759. The van der Waals surface area contributed by atoms with Crippen LogP contribution in [0.15, 0.2) is 53.5 Å². The van der Waals surface area contributed by atoms with Crippen molar-refractivity contribution in [1.29, 1.82) is 5.26 Å². The van der Waals surface area contributed by atoms with Crippen LogP contribution in [0.25, 0.3) is 0 Å². The SMILES string of the molecule is CCNC(=NCc1cccc(C#N)c1)NC(C)c1cccc(Cl)c1. The molecule has 1 unspecified atom stereocenters. The summed E-state index contributed by atoms with van der Waals surface area (Å²) in [6.45, 7) is 5.37. The van der Waals surface area contributed by atoms with Crippen LogP contribution in [0.3, 0.4) is 0 Å². The van der Waals surface area contributed by atoms with Crippen LogP contribution in [-0.2, 0) is 6.54 Å². The van der Waals surface area contributed by atoms with Gasteiger partial charge in [-0.1, -0.05) is 35.9 Å². The summed E-state index contributed by atoms with van der Waals surface area (Å²) in [5, 5.41) is 16.3. The Morgan fingerprint density at radius 2 is 2.04 bits per heavy atom. The molecule has 124 valence electrons. The molecule has 2 rings (SSSR count). The number of benzene rings is 2. The van der Waals surface area contributed by atoms with E-state index < -0.39 is 0 Å². The van der Waals surface area contributed by atoms with Crippen LogP contribution in [0.1, 0.15) is 36.6 Å². The fourth-order valence-corrected chi connectivity index (χ4v) is 2.49. The maximum atomic E-state index is 8.97. The maximum absolute atomic E-state index is 8.97. The number of guanidine groups is 1. The highest BCUT2D eigenvalue weighted by Crippen LogP contribution is 2.17. The van der Waals surface area contributed by atoms with Gasteiger partial charge in [0.05, 0.1) is 24.2 Å². The Balaban J connectivity index is 2.09. The summed E-state index contributed by atoms with van der Waals surface area (Å²) >= 11 is 6.06. The average Bonchev–Trinajstić information content (AvgIpc) is 2.60. The largest absolute Gasteiger partial charge is 0.357 e. The first kappa shape index (κ1) is 17.8. The van der Waals surface area contributed by atoms with Crippen LogP contribution < -0.4 is 10.6 Å². The smallest absolute Gasteiger partial charge is 0.192 e. The summed E-state index contributed by atoms with van der Waals surface area (Å²) in [6.07, 6.45) is 0. The third-order valence-electron chi connectivity index (χ3n) is 3.52. The predicted octanol–water partition coefficient (Wildman–Crippen LogP) is 4.03. The molecule has 2 N–H and O–H groups in total. The van der Waals surface area contributed by atoms with Gasteiger partial charge >= 0.3 is 0 Å². The number of nitrogens with one attached hydrogen (secondary N) is 2. The van der Waals surface area contributed by atoms with E-state index >= 15 is 0 Å². The molecule has 0 aliphatic rings. The van der Waals surface area contributed by atoms with Crippen molar-refractivity contribution < 1.29 is 0 Å². The normalized spacial score (nSPS) is 12.3. The summed E-state index contributed by atoms with van der Waals surface area (Å²) in [6, 6.07) is 17.5. The minimum absolute atomic E-state index is 0.0759. The van der Waals surface area contributed by atoms with E-state index in [-0.39, 0.29) is 6.04 Å². The molecule has 0 heterocycles. The van der Waals surface area contributed by atoms with Crippen LogP contribution in [0, 0.1) is 11.3 Å². The average molecular weight is 341 g/mol. The Hall–Kier alpha value is -2.51. The standard InChI is InChI=1S/C19H21ClN4/c1-3-22-19(23-13-16-7-4-6-15(10-16)12-21)24-14(2)17-8-5-9-18(20)11-17/h4-11,14H,3,13H2,1-2H3,(H2,22,23,24). The summed E-state index contributed by atoms with van der Waals surface area (Å²) in [5.74, 6) is 0.729. The Morgan fingerprint density at radius 1 is 1.25 bits per heavy atom. The quantitative estimate of drug-likeness (QED) is 0.638. The minimum Gasteiger partial charge on any atom is -0.357 e. The highest BCUT2D eigenvalue weighted by atomic mass is 35.5. The first-order chi connectivity index (χ1) is 11.6. The molecule has 0 aromatic heterocycles. The lowest BCUT2D eigenvalue weighted by molar-refractivity contribution is 0.686. The number of hydrogen-bond donors (Lipinski definition) is 2. The van der Waals surface area contributed by atoms with Crippen molar-refractivity contribution in [2.75, 3.05) is 6.54 Å². The molecular weight excluding hydrogens is 320 g/mol. The topological polar surface area (TPSA) is 60.2 Å². The van der Waals surface area contributed by atoms with Gasteiger partial charge in [0.1, 0.15) is 0 Å². The van der Waals surface area contributed by atoms with E-state index in [9.17, 15) is 0 Å². The third-order valence-corrected chi connectivity index (χ3v) is 3.76. The Kier molecular flexibility index (Phi) is 6.65. The zero-order valence-electron chi connectivity index (χ0n) is 13.9. The van der Waals surface area contributed by atoms with Gasteiger partial charge in [0.25, 0.3) is 0 Å². The van der Waals surface area contributed by atoms with Crippen molar-refractivity contribution in [3.8, 4) is 6.07 Å². The lowest BCUT2D eigenvalue weighted by atomic mass is 10.1. The van der Waals surface area contributed by atoms with Crippen molar-refractivity contribution in [2.45, 2.75) is 26.4 Å². The van der Waals surface area contributed by atoms with Gasteiger partial charge in [0.2, 0.25) is 0 Å². The molecule has 0 saturated carbocycles. The van der Waals surface area contributed by atoms with Gasteiger partial charge in [0, 0.05) is 11.6 Å².